The zero-order valence-electron chi connectivity index (χ0n) is 13.0. The molecule has 0 fully saturated rings. The molecule has 0 saturated heterocycles. The summed E-state index contributed by atoms with van der Waals surface area (Å²) in [6.45, 7) is -0.00267. The van der Waals surface area contributed by atoms with Crippen molar-refractivity contribution in [1.82, 2.24) is 9.97 Å². The molecule has 128 valence electrons. The Bertz CT molecular complexity index is 948. The third-order valence-electron chi connectivity index (χ3n) is 3.61. The average molecular weight is 359 g/mol. The second-order valence-electron chi connectivity index (χ2n) is 5.40. The van der Waals surface area contributed by atoms with Crippen molar-refractivity contribution in [2.75, 3.05) is 11.9 Å². The first kappa shape index (κ1) is 16.9. The molecule has 3 rings (SSSR count). The number of carboxylic acid groups (broad SMARTS) is 1. The summed E-state index contributed by atoms with van der Waals surface area (Å²) in [5.74, 6) is -0.423. The number of fused-ring (bicyclic) bond motifs is 1. The van der Waals surface area contributed by atoms with E-state index >= 15 is 0 Å². The molecule has 1 heterocycles. The molecule has 8 heteroatoms. The maximum absolute atomic E-state index is 10.9. The van der Waals surface area contributed by atoms with Crippen molar-refractivity contribution < 1.29 is 15.0 Å². The second kappa shape index (κ2) is 6.92. The van der Waals surface area contributed by atoms with E-state index in [1.807, 2.05) is 18.2 Å². The van der Waals surface area contributed by atoms with Crippen molar-refractivity contribution in [2.24, 2.45) is 5.73 Å². The summed E-state index contributed by atoms with van der Waals surface area (Å²) >= 11 is 6.00. The average Bonchev–Trinajstić information content (AvgIpc) is 2.61. The number of halogens is 1. The van der Waals surface area contributed by atoms with E-state index in [2.05, 4.69) is 15.3 Å². The van der Waals surface area contributed by atoms with E-state index in [4.69, 9.17) is 22.4 Å². The number of nitrogens with zero attached hydrogens (tertiary/aromatic N) is 2. The highest BCUT2D eigenvalue weighted by atomic mass is 35.5. The molecule has 0 aliphatic carbocycles. The third-order valence-corrected chi connectivity index (χ3v) is 3.84. The first-order chi connectivity index (χ1) is 12.0. The predicted molar refractivity (Wildman–Crippen MR) is 95.7 cm³/mol. The van der Waals surface area contributed by atoms with E-state index < -0.39 is 12.0 Å². The Balaban J connectivity index is 2.09. The Morgan fingerprint density at radius 3 is 2.76 bits per heavy atom. The summed E-state index contributed by atoms with van der Waals surface area (Å²) in [6.07, 6.45) is 0. The van der Waals surface area contributed by atoms with E-state index in [1.54, 1.807) is 18.2 Å². The molecule has 1 aromatic heterocycles. The summed E-state index contributed by atoms with van der Waals surface area (Å²) in [5, 5.41) is 23.1. The number of phenols is 1. The van der Waals surface area contributed by atoms with Crippen molar-refractivity contribution in [1.29, 1.82) is 0 Å². The lowest BCUT2D eigenvalue weighted by molar-refractivity contribution is -0.138. The number of aliphatic carboxylic acids is 1. The fourth-order valence-electron chi connectivity index (χ4n) is 2.31. The van der Waals surface area contributed by atoms with Crippen LogP contribution in [0.5, 0.6) is 5.75 Å². The van der Waals surface area contributed by atoms with Crippen LogP contribution in [0, 0.1) is 0 Å². The van der Waals surface area contributed by atoms with Crippen LogP contribution in [0.1, 0.15) is 0 Å². The zero-order chi connectivity index (χ0) is 18.0. The van der Waals surface area contributed by atoms with E-state index in [0.717, 1.165) is 0 Å². The quantitative estimate of drug-likeness (QED) is 0.552. The maximum atomic E-state index is 10.9. The third kappa shape index (κ3) is 3.62. The lowest BCUT2D eigenvalue weighted by Gasteiger charge is -2.13. The molecule has 0 amide bonds. The molecule has 5 N–H and O–H groups in total. The monoisotopic (exact) mass is 358 g/mol. The predicted octanol–water partition coefficient (Wildman–Crippen LogP) is 2.48. The summed E-state index contributed by atoms with van der Waals surface area (Å²) in [6, 6.07) is 10.8. The van der Waals surface area contributed by atoms with Crippen LogP contribution in [0.25, 0.3) is 22.3 Å². The molecule has 1 atom stereocenters. The fraction of sp³-hybridized carbons (Fsp3) is 0.118. The van der Waals surface area contributed by atoms with Gasteiger partial charge < -0.3 is 21.3 Å². The Labute approximate surface area is 148 Å². The van der Waals surface area contributed by atoms with Gasteiger partial charge >= 0.3 is 5.97 Å². The van der Waals surface area contributed by atoms with Gasteiger partial charge in [-0.3, -0.25) is 4.79 Å². The van der Waals surface area contributed by atoms with Crippen LogP contribution in [-0.4, -0.2) is 38.7 Å². The van der Waals surface area contributed by atoms with Crippen LogP contribution < -0.4 is 11.1 Å². The Hall–Kier alpha value is -2.90. The van der Waals surface area contributed by atoms with Crippen LogP contribution in [-0.2, 0) is 4.79 Å². The minimum Gasteiger partial charge on any atom is -0.507 e. The highest BCUT2D eigenvalue weighted by molar-refractivity contribution is 6.30. The first-order valence-electron chi connectivity index (χ1n) is 7.43. The number of carboxylic acids is 1. The molecule has 25 heavy (non-hydrogen) atoms. The topological polar surface area (TPSA) is 121 Å². The number of nitrogens with one attached hydrogen (secondary N) is 1. The normalized spacial score (nSPS) is 12.1. The van der Waals surface area contributed by atoms with Gasteiger partial charge in [-0.05, 0) is 30.3 Å². The minimum atomic E-state index is -1.11. The van der Waals surface area contributed by atoms with Gasteiger partial charge in [0, 0.05) is 17.0 Å². The Morgan fingerprint density at radius 2 is 2.00 bits per heavy atom. The molecular weight excluding hydrogens is 344 g/mol. The van der Waals surface area contributed by atoms with E-state index in [-0.39, 0.29) is 18.1 Å². The Kier molecular flexibility index (Phi) is 4.69. The first-order valence-corrected chi connectivity index (χ1v) is 7.81. The van der Waals surface area contributed by atoms with Crippen molar-refractivity contribution in [3.05, 3.63) is 47.5 Å². The summed E-state index contributed by atoms with van der Waals surface area (Å²) in [5.41, 5.74) is 6.55. The number of para-hydroxylation sites is 1. The van der Waals surface area contributed by atoms with Crippen molar-refractivity contribution in [3.8, 4) is 17.1 Å². The number of carbonyl (C=O) groups is 1. The van der Waals surface area contributed by atoms with Crippen LogP contribution in [0.2, 0.25) is 5.02 Å². The molecule has 0 spiro atoms. The second-order valence-corrected chi connectivity index (χ2v) is 5.84. The van der Waals surface area contributed by atoms with Crippen molar-refractivity contribution in [2.45, 2.75) is 6.04 Å². The summed E-state index contributed by atoms with van der Waals surface area (Å²) in [7, 11) is 0. The summed E-state index contributed by atoms with van der Waals surface area (Å²) in [4.78, 5) is 19.8. The molecule has 2 aromatic carbocycles. The smallest absolute Gasteiger partial charge is 0.322 e. The van der Waals surface area contributed by atoms with Gasteiger partial charge in [0.05, 0.1) is 11.1 Å². The standard InChI is InChI=1S/C17H15ClN4O3/c18-9-5-6-14(23)11(7-9)16-21-13-4-2-1-3-10(13)15(22-16)20-8-12(19)17(24)25/h1-7,12,23H,8,19H2,(H,24,25)(H,20,21,22)/t12-/m0/s1. The molecule has 0 unspecified atom stereocenters. The largest absolute Gasteiger partial charge is 0.507 e. The molecule has 0 aliphatic heterocycles. The van der Waals surface area contributed by atoms with Crippen molar-refractivity contribution >= 4 is 34.3 Å². The van der Waals surface area contributed by atoms with Gasteiger partial charge in [-0.25, -0.2) is 9.97 Å². The van der Waals surface area contributed by atoms with E-state index in [0.29, 0.717) is 27.3 Å². The molecule has 3 aromatic rings. The molecule has 0 bridgehead atoms. The van der Waals surface area contributed by atoms with Crippen LogP contribution in [0.3, 0.4) is 0 Å². The number of phenolic OH excluding ortho intramolecular Hbond substituents is 1. The van der Waals surface area contributed by atoms with E-state index in [9.17, 15) is 9.90 Å². The molecule has 0 radical (unpaired) electrons. The number of rotatable bonds is 5. The van der Waals surface area contributed by atoms with Gasteiger partial charge in [0.15, 0.2) is 5.82 Å². The van der Waals surface area contributed by atoms with Crippen LogP contribution >= 0.6 is 11.6 Å². The van der Waals surface area contributed by atoms with Gasteiger partial charge in [-0.15, -0.1) is 0 Å². The lowest BCUT2D eigenvalue weighted by atomic mass is 10.1. The van der Waals surface area contributed by atoms with Crippen LogP contribution in [0.15, 0.2) is 42.5 Å². The number of anilines is 1. The molecule has 0 saturated carbocycles. The van der Waals surface area contributed by atoms with Crippen LogP contribution in [0.4, 0.5) is 5.82 Å². The SMILES string of the molecule is N[C@@H](CNc1nc(-c2cc(Cl)ccc2O)nc2ccccc12)C(=O)O. The highest BCUT2D eigenvalue weighted by Crippen LogP contribution is 2.32. The number of hydrogen-bond acceptors (Lipinski definition) is 6. The van der Waals surface area contributed by atoms with E-state index in [1.165, 1.54) is 6.07 Å². The minimum absolute atomic E-state index is 0.00267. The van der Waals surface area contributed by atoms with Gasteiger partial charge in [-0.2, -0.15) is 0 Å². The van der Waals surface area contributed by atoms with Gasteiger partial charge in [0.25, 0.3) is 0 Å². The maximum Gasteiger partial charge on any atom is 0.322 e. The molecule has 0 aliphatic rings. The lowest BCUT2D eigenvalue weighted by Crippen LogP contribution is -2.37. The molecular formula is C17H15ClN4O3. The fourth-order valence-corrected chi connectivity index (χ4v) is 2.49. The number of aromatic nitrogens is 2. The van der Waals surface area contributed by atoms with Gasteiger partial charge in [0.2, 0.25) is 0 Å². The van der Waals surface area contributed by atoms with Crippen molar-refractivity contribution in [3.63, 3.8) is 0 Å². The summed E-state index contributed by atoms with van der Waals surface area (Å²) < 4.78 is 0. The number of nitrogens with two attached hydrogens (primary N) is 1. The number of hydrogen-bond donors (Lipinski definition) is 4. The highest BCUT2D eigenvalue weighted by Gasteiger charge is 2.15. The number of aromatic hydroxyl groups is 1. The zero-order valence-corrected chi connectivity index (χ0v) is 13.7. The molecule has 7 nitrogen and oxygen atoms in total. The van der Waals surface area contributed by atoms with Gasteiger partial charge in [-0.1, -0.05) is 23.7 Å². The number of benzene rings is 2. The van der Waals surface area contributed by atoms with Gasteiger partial charge in [0.1, 0.15) is 17.6 Å². The Morgan fingerprint density at radius 1 is 1.24 bits per heavy atom.